The number of aromatic hydroxyl groups is 1. The number of ether oxygens (including phenoxy) is 2. The number of carbonyl (C=O) groups is 1. The zero-order chi connectivity index (χ0) is 14.6. The van der Waals surface area contributed by atoms with E-state index in [0.717, 1.165) is 17.5 Å². The van der Waals surface area contributed by atoms with Crippen molar-refractivity contribution in [3.05, 3.63) is 22.3 Å². The summed E-state index contributed by atoms with van der Waals surface area (Å²) < 4.78 is 10.3. The van der Waals surface area contributed by atoms with Gasteiger partial charge in [-0.1, -0.05) is 27.2 Å². The molecule has 1 N–H and O–H groups in total. The minimum absolute atomic E-state index is 0.0202. The Morgan fingerprint density at radius 2 is 2.00 bits per heavy atom. The van der Waals surface area contributed by atoms with Crippen LogP contribution >= 0.6 is 0 Å². The zero-order valence-corrected chi connectivity index (χ0v) is 12.3. The number of hydrogen-bond donors (Lipinski definition) is 1. The predicted octanol–water partition coefficient (Wildman–Crippen LogP) is 3.36. The average molecular weight is 266 g/mol. The van der Waals surface area contributed by atoms with E-state index in [1.165, 1.54) is 0 Å². The molecule has 0 aromatic heterocycles. The van der Waals surface area contributed by atoms with Gasteiger partial charge in [0.25, 0.3) is 0 Å². The van der Waals surface area contributed by atoms with E-state index in [1.807, 2.05) is 27.7 Å². The Morgan fingerprint density at radius 3 is 2.53 bits per heavy atom. The summed E-state index contributed by atoms with van der Waals surface area (Å²) in [5, 5.41) is 10.2. The molecule has 0 saturated heterocycles. The quantitative estimate of drug-likeness (QED) is 0.852. The third-order valence-electron chi connectivity index (χ3n) is 3.15. The van der Waals surface area contributed by atoms with Crippen LogP contribution in [-0.2, 0) is 17.8 Å². The van der Waals surface area contributed by atoms with Crippen LogP contribution in [0.2, 0.25) is 0 Å². The second-order valence-electron chi connectivity index (χ2n) is 4.17. The van der Waals surface area contributed by atoms with E-state index in [-0.39, 0.29) is 12.4 Å². The van der Waals surface area contributed by atoms with Crippen LogP contribution in [0.15, 0.2) is 0 Å². The van der Waals surface area contributed by atoms with Gasteiger partial charge in [0.2, 0.25) is 0 Å². The lowest BCUT2D eigenvalue weighted by Gasteiger charge is -2.15. The molecule has 0 bridgehead atoms. The number of esters is 1. The maximum absolute atomic E-state index is 11.6. The Balaban J connectivity index is 0.000000861. The van der Waals surface area contributed by atoms with E-state index in [4.69, 9.17) is 9.47 Å². The number of benzene rings is 1. The smallest absolute Gasteiger partial charge is 0.342 e. The minimum Gasteiger partial charge on any atom is -0.507 e. The number of cyclic esters (lactones) is 1. The standard InChI is InChI=1S/C13H16O4.C2H6/c1-4-5-8-11(14)10-9(6-17-13(10)15)7(2)12(8)16-3;1-2/h14H,4-6H2,1-3H3;1-2H3. The Bertz CT molecular complexity index is 478. The molecule has 1 aliphatic rings. The Labute approximate surface area is 114 Å². The van der Waals surface area contributed by atoms with Gasteiger partial charge in [0.1, 0.15) is 23.7 Å². The monoisotopic (exact) mass is 266 g/mol. The first-order chi connectivity index (χ1) is 9.11. The highest BCUT2D eigenvalue weighted by Crippen LogP contribution is 2.41. The van der Waals surface area contributed by atoms with Crippen molar-refractivity contribution in [2.75, 3.05) is 7.11 Å². The van der Waals surface area contributed by atoms with E-state index >= 15 is 0 Å². The molecule has 0 amide bonds. The molecule has 0 aliphatic carbocycles. The summed E-state index contributed by atoms with van der Waals surface area (Å²) in [4.78, 5) is 11.6. The zero-order valence-electron chi connectivity index (χ0n) is 12.3. The van der Waals surface area contributed by atoms with Crippen LogP contribution in [0.1, 0.15) is 54.2 Å². The van der Waals surface area contributed by atoms with Crippen molar-refractivity contribution < 1.29 is 19.4 Å². The highest BCUT2D eigenvalue weighted by atomic mass is 16.5. The molecular weight excluding hydrogens is 244 g/mol. The molecule has 1 aromatic rings. The van der Waals surface area contributed by atoms with Crippen molar-refractivity contribution in [3.63, 3.8) is 0 Å². The molecule has 0 spiro atoms. The van der Waals surface area contributed by atoms with Gasteiger partial charge in [-0.15, -0.1) is 0 Å². The van der Waals surface area contributed by atoms with Crippen LogP contribution in [0.3, 0.4) is 0 Å². The van der Waals surface area contributed by atoms with Crippen molar-refractivity contribution in [2.24, 2.45) is 0 Å². The van der Waals surface area contributed by atoms with Crippen molar-refractivity contribution in [1.29, 1.82) is 0 Å². The van der Waals surface area contributed by atoms with Gasteiger partial charge >= 0.3 is 5.97 Å². The van der Waals surface area contributed by atoms with Crippen molar-refractivity contribution >= 4 is 5.97 Å². The molecule has 0 fully saturated rings. The summed E-state index contributed by atoms with van der Waals surface area (Å²) in [5.41, 5.74) is 2.63. The lowest BCUT2D eigenvalue weighted by molar-refractivity contribution is 0.0533. The number of fused-ring (bicyclic) bond motifs is 1. The number of phenols is 1. The van der Waals surface area contributed by atoms with Crippen LogP contribution in [0.25, 0.3) is 0 Å². The number of carbonyl (C=O) groups excluding carboxylic acids is 1. The van der Waals surface area contributed by atoms with Crippen LogP contribution in [0, 0.1) is 6.92 Å². The fourth-order valence-corrected chi connectivity index (χ4v) is 2.32. The molecule has 1 aliphatic heterocycles. The topological polar surface area (TPSA) is 55.8 Å². The van der Waals surface area contributed by atoms with E-state index < -0.39 is 5.97 Å². The van der Waals surface area contributed by atoms with E-state index in [9.17, 15) is 9.90 Å². The van der Waals surface area contributed by atoms with Gasteiger partial charge in [-0.25, -0.2) is 4.79 Å². The van der Waals surface area contributed by atoms with Gasteiger partial charge in [0.15, 0.2) is 0 Å². The second-order valence-corrected chi connectivity index (χ2v) is 4.17. The van der Waals surface area contributed by atoms with Crippen LogP contribution in [0.5, 0.6) is 11.5 Å². The first-order valence-corrected chi connectivity index (χ1v) is 6.70. The third kappa shape index (κ3) is 2.53. The van der Waals surface area contributed by atoms with Gasteiger partial charge in [0.05, 0.1) is 7.11 Å². The number of methoxy groups -OCH3 is 1. The lowest BCUT2D eigenvalue weighted by atomic mass is 9.95. The fraction of sp³-hybridized carbons (Fsp3) is 0.533. The molecule has 0 atom stereocenters. The Morgan fingerprint density at radius 1 is 1.37 bits per heavy atom. The van der Waals surface area contributed by atoms with Gasteiger partial charge in [0, 0.05) is 11.1 Å². The van der Waals surface area contributed by atoms with Crippen LogP contribution in [-0.4, -0.2) is 18.2 Å². The maximum atomic E-state index is 11.6. The van der Waals surface area contributed by atoms with E-state index in [2.05, 4.69) is 0 Å². The van der Waals surface area contributed by atoms with Crippen molar-refractivity contribution in [3.8, 4) is 11.5 Å². The molecule has 19 heavy (non-hydrogen) atoms. The number of phenolic OH excluding ortho intramolecular Hbond substituents is 1. The minimum atomic E-state index is -0.444. The highest BCUT2D eigenvalue weighted by molar-refractivity contribution is 5.98. The summed E-state index contributed by atoms with van der Waals surface area (Å²) in [6.45, 7) is 8.12. The molecule has 0 radical (unpaired) electrons. The molecule has 0 unspecified atom stereocenters. The molecule has 0 saturated carbocycles. The maximum Gasteiger partial charge on any atom is 0.342 e. The molecule has 106 valence electrons. The summed E-state index contributed by atoms with van der Waals surface area (Å²) >= 11 is 0. The van der Waals surface area contributed by atoms with Crippen LogP contribution in [0.4, 0.5) is 0 Å². The average Bonchev–Trinajstić information content (AvgIpc) is 2.81. The SMILES string of the molecule is CC.CCCc1c(O)c2c(c(C)c1OC)COC2=O. The fourth-order valence-electron chi connectivity index (χ4n) is 2.32. The summed E-state index contributed by atoms with van der Waals surface area (Å²) in [6.07, 6.45) is 1.55. The summed E-state index contributed by atoms with van der Waals surface area (Å²) in [7, 11) is 1.57. The molecule has 1 heterocycles. The van der Waals surface area contributed by atoms with E-state index in [1.54, 1.807) is 7.11 Å². The van der Waals surface area contributed by atoms with Gasteiger partial charge in [-0.05, 0) is 18.9 Å². The molecular formula is C15H22O4. The van der Waals surface area contributed by atoms with Gasteiger partial charge < -0.3 is 14.6 Å². The third-order valence-corrected chi connectivity index (χ3v) is 3.15. The molecule has 1 aromatic carbocycles. The number of hydrogen-bond acceptors (Lipinski definition) is 4. The summed E-state index contributed by atoms with van der Waals surface area (Å²) in [6, 6.07) is 0. The predicted molar refractivity (Wildman–Crippen MR) is 73.9 cm³/mol. The van der Waals surface area contributed by atoms with Crippen molar-refractivity contribution in [2.45, 2.75) is 47.1 Å². The molecule has 4 nitrogen and oxygen atoms in total. The lowest BCUT2D eigenvalue weighted by Crippen LogP contribution is -2.03. The molecule has 4 heteroatoms. The Hall–Kier alpha value is -1.71. The Kier molecular flexibility index (Phi) is 5.21. The van der Waals surface area contributed by atoms with Gasteiger partial charge in [-0.3, -0.25) is 0 Å². The van der Waals surface area contributed by atoms with Crippen LogP contribution < -0.4 is 4.74 Å². The molecule has 2 rings (SSSR count). The number of rotatable bonds is 3. The van der Waals surface area contributed by atoms with Crippen molar-refractivity contribution in [1.82, 2.24) is 0 Å². The first kappa shape index (κ1) is 15.3. The van der Waals surface area contributed by atoms with Gasteiger partial charge in [-0.2, -0.15) is 0 Å². The largest absolute Gasteiger partial charge is 0.507 e. The highest BCUT2D eigenvalue weighted by Gasteiger charge is 2.31. The normalized spacial score (nSPS) is 12.4. The first-order valence-electron chi connectivity index (χ1n) is 6.70. The summed E-state index contributed by atoms with van der Waals surface area (Å²) in [5.74, 6) is 0.244. The second kappa shape index (κ2) is 6.45. The van der Waals surface area contributed by atoms with E-state index in [0.29, 0.717) is 23.3 Å².